The molecule has 6 rings (SSSR count). The van der Waals surface area contributed by atoms with Crippen LogP contribution in [0.4, 0.5) is 5.13 Å². The molecule has 158 valence electrons. The van der Waals surface area contributed by atoms with Crippen molar-refractivity contribution in [2.75, 3.05) is 18.0 Å². The third-order valence-electron chi connectivity index (χ3n) is 6.77. The van der Waals surface area contributed by atoms with E-state index in [2.05, 4.69) is 29.2 Å². The van der Waals surface area contributed by atoms with E-state index in [1.807, 2.05) is 12.1 Å². The summed E-state index contributed by atoms with van der Waals surface area (Å²) in [4.78, 5) is 14.0. The minimum absolute atomic E-state index is 0.136. The van der Waals surface area contributed by atoms with Gasteiger partial charge in [0.15, 0.2) is 14.8 Å². The van der Waals surface area contributed by atoms with E-state index in [4.69, 9.17) is 38.9 Å². The second kappa shape index (κ2) is 7.42. The molecule has 1 aliphatic heterocycles. The van der Waals surface area contributed by atoms with Gasteiger partial charge in [0, 0.05) is 24.7 Å². The van der Waals surface area contributed by atoms with Gasteiger partial charge in [-0.3, -0.25) is 0 Å². The van der Waals surface area contributed by atoms with Gasteiger partial charge < -0.3 is 10.6 Å². The van der Waals surface area contributed by atoms with E-state index >= 15 is 0 Å². The van der Waals surface area contributed by atoms with E-state index < -0.39 is 0 Å². The summed E-state index contributed by atoms with van der Waals surface area (Å²) < 4.78 is 0. The van der Waals surface area contributed by atoms with Crippen LogP contribution in [0.3, 0.4) is 0 Å². The molecule has 0 bridgehead atoms. The number of hydrogen-bond donors (Lipinski definition) is 1. The van der Waals surface area contributed by atoms with Crippen molar-refractivity contribution in [3.05, 3.63) is 63.6 Å². The van der Waals surface area contributed by atoms with Gasteiger partial charge in [0.25, 0.3) is 0 Å². The number of fused-ring (bicyclic) bond motifs is 2. The molecule has 0 radical (unpaired) electrons. The van der Waals surface area contributed by atoms with Crippen molar-refractivity contribution in [2.24, 2.45) is 11.1 Å². The zero-order valence-corrected chi connectivity index (χ0v) is 19.8. The van der Waals surface area contributed by atoms with E-state index in [1.165, 1.54) is 11.1 Å². The van der Waals surface area contributed by atoms with E-state index in [9.17, 15) is 0 Å². The summed E-state index contributed by atoms with van der Waals surface area (Å²) in [6.07, 6.45) is 3.27. The molecular formula is C23H20Cl2N4S2. The molecule has 3 heterocycles. The first-order valence-corrected chi connectivity index (χ1v) is 12.7. The Balaban J connectivity index is 1.22. The van der Waals surface area contributed by atoms with Crippen molar-refractivity contribution in [1.29, 1.82) is 0 Å². The zero-order chi connectivity index (χ0) is 21.2. The normalized spacial score (nSPS) is 20.0. The molecule has 0 unspecified atom stereocenters. The lowest BCUT2D eigenvalue weighted by molar-refractivity contribution is 0.187. The lowest BCUT2D eigenvalue weighted by atomic mass is 9.73. The maximum atomic E-state index is 6.72. The Morgan fingerprint density at radius 3 is 2.52 bits per heavy atom. The fourth-order valence-corrected chi connectivity index (χ4v) is 7.57. The molecule has 2 aromatic carbocycles. The van der Waals surface area contributed by atoms with Gasteiger partial charge in [0.2, 0.25) is 0 Å². The second-order valence-corrected chi connectivity index (χ2v) is 11.1. The Morgan fingerprint density at radius 1 is 0.968 bits per heavy atom. The van der Waals surface area contributed by atoms with Crippen LogP contribution in [0.15, 0.2) is 42.5 Å². The molecule has 2 N–H and O–H groups in total. The molecule has 8 heteroatoms. The molecular weight excluding hydrogens is 467 g/mol. The predicted molar refractivity (Wildman–Crippen MR) is 132 cm³/mol. The Morgan fingerprint density at radius 2 is 1.74 bits per heavy atom. The van der Waals surface area contributed by atoms with Crippen molar-refractivity contribution < 1.29 is 0 Å². The van der Waals surface area contributed by atoms with E-state index in [0.717, 1.165) is 57.7 Å². The van der Waals surface area contributed by atoms with Gasteiger partial charge in [-0.05, 0) is 41.9 Å². The number of nitrogens with two attached hydrogens (primary N) is 1. The number of thiazole rings is 2. The van der Waals surface area contributed by atoms with Gasteiger partial charge in [-0.2, -0.15) is 0 Å². The van der Waals surface area contributed by atoms with Crippen LogP contribution in [0.5, 0.6) is 0 Å². The standard InChI is InChI=1S/C23H20Cl2N4S2/c24-16-7-3-6-15(17(16)25)19-27-20-21(30-19)28-22(31-20)29-10-8-23(9-11-29)12-13-4-1-2-5-14(13)18(23)26/h1-7,18H,8-12,26H2/t18-/m1/s1. The number of halogens is 2. The lowest BCUT2D eigenvalue weighted by Gasteiger charge is -2.42. The number of aromatic nitrogens is 2. The highest BCUT2D eigenvalue weighted by atomic mass is 35.5. The van der Waals surface area contributed by atoms with Gasteiger partial charge in [0.1, 0.15) is 5.01 Å². The first kappa shape index (κ1) is 19.9. The molecule has 4 aromatic rings. The van der Waals surface area contributed by atoms with E-state index in [-0.39, 0.29) is 11.5 Å². The van der Waals surface area contributed by atoms with Crippen molar-refractivity contribution in [3.8, 4) is 10.6 Å². The second-order valence-electron chi connectivity index (χ2n) is 8.43. The molecule has 1 aliphatic carbocycles. The fourth-order valence-electron chi connectivity index (χ4n) is 5.00. The van der Waals surface area contributed by atoms with Crippen molar-refractivity contribution in [1.82, 2.24) is 9.97 Å². The van der Waals surface area contributed by atoms with Crippen LogP contribution < -0.4 is 10.6 Å². The molecule has 0 amide bonds. The van der Waals surface area contributed by atoms with Crippen LogP contribution in [-0.4, -0.2) is 23.1 Å². The third-order valence-corrected chi connectivity index (χ3v) is 9.71. The maximum Gasteiger partial charge on any atom is 0.188 e. The largest absolute Gasteiger partial charge is 0.348 e. The van der Waals surface area contributed by atoms with Crippen molar-refractivity contribution in [2.45, 2.75) is 25.3 Å². The highest BCUT2D eigenvalue weighted by Crippen LogP contribution is 2.51. The molecule has 1 atom stereocenters. The average Bonchev–Trinajstić information content (AvgIpc) is 3.42. The van der Waals surface area contributed by atoms with E-state index in [1.54, 1.807) is 28.7 Å². The zero-order valence-electron chi connectivity index (χ0n) is 16.6. The molecule has 2 aromatic heterocycles. The summed E-state index contributed by atoms with van der Waals surface area (Å²) in [6, 6.07) is 14.4. The van der Waals surface area contributed by atoms with Crippen LogP contribution in [0, 0.1) is 5.41 Å². The number of rotatable bonds is 2. The smallest absolute Gasteiger partial charge is 0.188 e. The topological polar surface area (TPSA) is 55.0 Å². The monoisotopic (exact) mass is 486 g/mol. The summed E-state index contributed by atoms with van der Waals surface area (Å²) >= 11 is 15.8. The molecule has 2 aliphatic rings. The van der Waals surface area contributed by atoms with E-state index in [0.29, 0.717) is 10.0 Å². The highest BCUT2D eigenvalue weighted by Gasteiger charge is 2.46. The minimum Gasteiger partial charge on any atom is -0.348 e. The highest BCUT2D eigenvalue weighted by molar-refractivity contribution is 7.29. The number of nitrogens with zero attached hydrogens (tertiary/aromatic N) is 3. The Hall–Kier alpha value is -1.70. The summed E-state index contributed by atoms with van der Waals surface area (Å²) in [7, 11) is 0. The first-order chi connectivity index (χ1) is 15.0. The van der Waals surface area contributed by atoms with Crippen molar-refractivity contribution in [3.63, 3.8) is 0 Å². The first-order valence-electron chi connectivity index (χ1n) is 10.3. The maximum absolute atomic E-state index is 6.72. The number of piperidine rings is 1. The van der Waals surface area contributed by atoms with Crippen LogP contribution in [-0.2, 0) is 6.42 Å². The summed E-state index contributed by atoms with van der Waals surface area (Å²) in [5.74, 6) is 0. The van der Waals surface area contributed by atoms with Gasteiger partial charge in [-0.1, -0.05) is 82.3 Å². The third kappa shape index (κ3) is 3.19. The number of hydrogen-bond acceptors (Lipinski definition) is 6. The summed E-state index contributed by atoms with van der Waals surface area (Å²) in [6.45, 7) is 1.96. The van der Waals surface area contributed by atoms with Crippen LogP contribution in [0.1, 0.15) is 30.0 Å². The van der Waals surface area contributed by atoms with Gasteiger partial charge in [0.05, 0.1) is 10.0 Å². The quantitative estimate of drug-likeness (QED) is 0.348. The average molecular weight is 487 g/mol. The van der Waals surface area contributed by atoms with Crippen LogP contribution in [0.2, 0.25) is 10.0 Å². The predicted octanol–water partition coefficient (Wildman–Crippen LogP) is 6.57. The summed E-state index contributed by atoms with van der Waals surface area (Å²) in [5.41, 5.74) is 10.5. The minimum atomic E-state index is 0.136. The molecule has 4 nitrogen and oxygen atoms in total. The summed E-state index contributed by atoms with van der Waals surface area (Å²) in [5, 5.41) is 3.00. The SMILES string of the molecule is N[C@@H]1c2ccccc2CC12CCN(c1nc3sc(-c4cccc(Cl)c4Cl)nc3s1)CC2. The lowest BCUT2D eigenvalue weighted by Crippen LogP contribution is -2.44. The van der Waals surface area contributed by atoms with Gasteiger partial charge >= 0.3 is 0 Å². The number of anilines is 1. The molecule has 31 heavy (non-hydrogen) atoms. The Kier molecular flexibility index (Phi) is 4.78. The fraction of sp³-hybridized carbons (Fsp3) is 0.304. The van der Waals surface area contributed by atoms with Crippen LogP contribution >= 0.6 is 45.9 Å². The van der Waals surface area contributed by atoms with Crippen LogP contribution in [0.25, 0.3) is 20.2 Å². The van der Waals surface area contributed by atoms with Gasteiger partial charge in [-0.15, -0.1) is 0 Å². The molecule has 1 saturated heterocycles. The van der Waals surface area contributed by atoms with Gasteiger partial charge in [-0.25, -0.2) is 9.97 Å². The van der Waals surface area contributed by atoms with Crippen molar-refractivity contribution >= 4 is 60.7 Å². The Labute approximate surface area is 198 Å². The number of benzene rings is 2. The Bertz CT molecular complexity index is 1260. The molecule has 1 fully saturated rings. The molecule has 0 saturated carbocycles. The molecule has 1 spiro atoms.